The van der Waals surface area contributed by atoms with E-state index in [0.29, 0.717) is 25.6 Å². The fourth-order valence-corrected chi connectivity index (χ4v) is 5.63. The Balaban J connectivity index is 1.34. The number of hydrogen-bond donors (Lipinski definition) is 1. The summed E-state index contributed by atoms with van der Waals surface area (Å²) in [6.07, 6.45) is 4.34. The summed E-state index contributed by atoms with van der Waals surface area (Å²) < 4.78 is 2.21. The molecule has 2 unspecified atom stereocenters. The molecule has 2 atom stereocenters. The van der Waals surface area contributed by atoms with Gasteiger partial charge in [0.1, 0.15) is 0 Å². The number of benzene rings is 1. The quantitative estimate of drug-likeness (QED) is 0.398. The molecule has 1 aliphatic carbocycles. The third-order valence-electron chi connectivity index (χ3n) is 7.02. The first kappa shape index (κ1) is 23.9. The van der Waals surface area contributed by atoms with Crippen LogP contribution in [-0.4, -0.2) is 44.5 Å². The van der Waals surface area contributed by atoms with Gasteiger partial charge >= 0.3 is 6.03 Å². The third kappa shape index (κ3) is 5.40. The van der Waals surface area contributed by atoms with Crippen LogP contribution < -0.4 is 5.32 Å². The number of amides is 2. The Kier molecular flexibility index (Phi) is 7.14. The van der Waals surface area contributed by atoms with Crippen LogP contribution in [0, 0.1) is 0 Å². The van der Waals surface area contributed by atoms with Gasteiger partial charge in [0.25, 0.3) is 0 Å². The van der Waals surface area contributed by atoms with Crippen molar-refractivity contribution in [1.82, 2.24) is 25.0 Å². The number of carbonyl (C=O) groups excluding carboxylic acids is 1. The standard InChI is InChI=1S/C28H35N5OS/c1-4-35-27-13-10-20(15-29-27)16-30-28(34)32-17-23(21-8-6-5-7-9-21)24(18-32)26-14-25(22-11-12-22)31-33(26)19(2)3/h5-10,13-15,19,22-24H,4,11-12,16-18H2,1-3H3,(H,30,34). The van der Waals surface area contributed by atoms with Crippen molar-refractivity contribution in [2.75, 3.05) is 18.8 Å². The predicted octanol–water partition coefficient (Wildman–Crippen LogP) is 5.94. The van der Waals surface area contributed by atoms with E-state index in [-0.39, 0.29) is 23.9 Å². The zero-order valence-electron chi connectivity index (χ0n) is 20.9. The summed E-state index contributed by atoms with van der Waals surface area (Å²) in [7, 11) is 0. The number of rotatable bonds is 8. The Morgan fingerprint density at radius 1 is 1.11 bits per heavy atom. The van der Waals surface area contributed by atoms with Gasteiger partial charge in [0, 0.05) is 55.3 Å². The first-order chi connectivity index (χ1) is 17.0. The highest BCUT2D eigenvalue weighted by Gasteiger charge is 2.40. The number of nitrogens with one attached hydrogen (secondary N) is 1. The second-order valence-corrected chi connectivity index (χ2v) is 11.2. The summed E-state index contributed by atoms with van der Waals surface area (Å²) in [4.78, 5) is 19.7. The predicted molar refractivity (Wildman–Crippen MR) is 141 cm³/mol. The van der Waals surface area contributed by atoms with Crippen LogP contribution in [0.15, 0.2) is 59.8 Å². The van der Waals surface area contributed by atoms with E-state index in [9.17, 15) is 4.79 Å². The maximum absolute atomic E-state index is 13.3. The minimum Gasteiger partial charge on any atom is -0.334 e. The normalized spacial score (nSPS) is 19.9. The van der Waals surface area contributed by atoms with Crippen molar-refractivity contribution >= 4 is 17.8 Å². The van der Waals surface area contributed by atoms with Gasteiger partial charge in [-0.2, -0.15) is 5.10 Å². The van der Waals surface area contributed by atoms with E-state index < -0.39 is 0 Å². The molecular weight excluding hydrogens is 454 g/mol. The lowest BCUT2D eigenvalue weighted by atomic mass is 9.86. The van der Waals surface area contributed by atoms with Crippen LogP contribution in [0.25, 0.3) is 0 Å². The largest absolute Gasteiger partial charge is 0.334 e. The van der Waals surface area contributed by atoms with Crippen LogP contribution in [0.5, 0.6) is 0 Å². The van der Waals surface area contributed by atoms with Crippen molar-refractivity contribution in [3.8, 4) is 0 Å². The van der Waals surface area contributed by atoms with Gasteiger partial charge in [0.15, 0.2) is 0 Å². The van der Waals surface area contributed by atoms with Crippen LogP contribution in [0.1, 0.15) is 79.9 Å². The molecule has 1 aliphatic heterocycles. The summed E-state index contributed by atoms with van der Waals surface area (Å²) in [6.45, 7) is 8.39. The van der Waals surface area contributed by atoms with E-state index in [2.05, 4.69) is 72.2 Å². The minimum atomic E-state index is -0.0153. The first-order valence-electron chi connectivity index (χ1n) is 12.8. The van der Waals surface area contributed by atoms with Gasteiger partial charge < -0.3 is 10.2 Å². The van der Waals surface area contributed by atoms with E-state index >= 15 is 0 Å². The number of pyridine rings is 1. The first-order valence-corrected chi connectivity index (χ1v) is 13.8. The van der Waals surface area contributed by atoms with Gasteiger partial charge in [0.2, 0.25) is 0 Å². The molecular formula is C28H35N5OS. The van der Waals surface area contributed by atoms with Gasteiger partial charge in [-0.3, -0.25) is 4.68 Å². The molecule has 3 heterocycles. The van der Waals surface area contributed by atoms with Gasteiger partial charge in [-0.15, -0.1) is 11.8 Å². The highest BCUT2D eigenvalue weighted by atomic mass is 32.2. The second-order valence-electron chi connectivity index (χ2n) is 9.93. The Labute approximate surface area is 212 Å². The molecule has 2 aliphatic rings. The molecule has 5 rings (SSSR count). The Morgan fingerprint density at radius 3 is 2.54 bits per heavy atom. The summed E-state index contributed by atoms with van der Waals surface area (Å²) in [6, 6.07) is 17.3. The Morgan fingerprint density at radius 2 is 1.89 bits per heavy atom. The van der Waals surface area contributed by atoms with E-state index in [1.807, 2.05) is 23.2 Å². The number of aromatic nitrogens is 3. The fourth-order valence-electron chi connectivity index (χ4n) is 5.04. The maximum atomic E-state index is 13.3. The lowest BCUT2D eigenvalue weighted by Gasteiger charge is -2.21. The van der Waals surface area contributed by atoms with Crippen LogP contribution in [-0.2, 0) is 6.54 Å². The molecule has 1 N–H and O–H groups in total. The van der Waals surface area contributed by atoms with E-state index in [4.69, 9.17) is 5.10 Å². The van der Waals surface area contributed by atoms with Crippen molar-refractivity contribution < 1.29 is 4.79 Å². The molecule has 2 fully saturated rings. The average molecular weight is 490 g/mol. The smallest absolute Gasteiger partial charge is 0.317 e. The zero-order valence-corrected chi connectivity index (χ0v) is 21.7. The third-order valence-corrected chi connectivity index (χ3v) is 7.84. The SMILES string of the molecule is CCSc1ccc(CNC(=O)N2CC(c3ccccc3)C(c3cc(C4CC4)nn3C(C)C)C2)cn1. The maximum Gasteiger partial charge on any atom is 0.317 e. The molecule has 1 saturated heterocycles. The number of nitrogens with zero attached hydrogens (tertiary/aromatic N) is 4. The highest BCUT2D eigenvalue weighted by molar-refractivity contribution is 7.99. The molecule has 0 spiro atoms. The summed E-state index contributed by atoms with van der Waals surface area (Å²) in [5.74, 6) is 2.08. The molecule has 184 valence electrons. The lowest BCUT2D eigenvalue weighted by Crippen LogP contribution is -2.38. The highest BCUT2D eigenvalue weighted by Crippen LogP contribution is 2.44. The van der Waals surface area contributed by atoms with E-state index in [1.54, 1.807) is 11.8 Å². The molecule has 3 aromatic rings. The van der Waals surface area contributed by atoms with Crippen molar-refractivity contribution in [3.05, 3.63) is 77.2 Å². The molecule has 0 radical (unpaired) electrons. The van der Waals surface area contributed by atoms with Crippen molar-refractivity contribution in [2.45, 2.75) is 69.0 Å². The van der Waals surface area contributed by atoms with Crippen LogP contribution in [0.3, 0.4) is 0 Å². The molecule has 35 heavy (non-hydrogen) atoms. The van der Waals surface area contributed by atoms with E-state index in [0.717, 1.165) is 16.3 Å². The zero-order chi connectivity index (χ0) is 24.4. The monoisotopic (exact) mass is 489 g/mol. The molecule has 1 aromatic carbocycles. The number of urea groups is 1. The fraction of sp³-hybridized carbons (Fsp3) is 0.464. The van der Waals surface area contributed by atoms with Crippen molar-refractivity contribution in [3.63, 3.8) is 0 Å². The molecule has 6 nitrogen and oxygen atoms in total. The van der Waals surface area contributed by atoms with Crippen LogP contribution in [0.2, 0.25) is 0 Å². The Bertz CT molecular complexity index is 1140. The van der Waals surface area contributed by atoms with Crippen LogP contribution >= 0.6 is 11.8 Å². The topological polar surface area (TPSA) is 63.1 Å². The minimum absolute atomic E-state index is 0.0153. The van der Waals surface area contributed by atoms with Crippen molar-refractivity contribution in [2.24, 2.45) is 0 Å². The van der Waals surface area contributed by atoms with Crippen molar-refractivity contribution in [1.29, 1.82) is 0 Å². The van der Waals surface area contributed by atoms with E-state index in [1.165, 1.54) is 29.8 Å². The molecule has 0 bridgehead atoms. The molecule has 2 amide bonds. The van der Waals surface area contributed by atoms with Gasteiger partial charge in [0.05, 0.1) is 10.7 Å². The number of carbonyl (C=O) groups is 1. The summed E-state index contributed by atoms with van der Waals surface area (Å²) >= 11 is 1.72. The van der Waals surface area contributed by atoms with Gasteiger partial charge in [-0.25, -0.2) is 9.78 Å². The second kappa shape index (κ2) is 10.4. The van der Waals surface area contributed by atoms with Crippen LogP contribution in [0.4, 0.5) is 4.79 Å². The number of likely N-dealkylation sites (tertiary alicyclic amines) is 1. The van der Waals surface area contributed by atoms with Gasteiger partial charge in [-0.1, -0.05) is 43.3 Å². The van der Waals surface area contributed by atoms with Gasteiger partial charge in [-0.05, 0) is 55.7 Å². The summed E-state index contributed by atoms with van der Waals surface area (Å²) in [5.41, 5.74) is 4.78. The number of hydrogen-bond acceptors (Lipinski definition) is 4. The molecule has 2 aromatic heterocycles. The average Bonchev–Trinajstić information content (AvgIpc) is 3.46. The molecule has 1 saturated carbocycles. The number of thioether (sulfide) groups is 1. The summed E-state index contributed by atoms with van der Waals surface area (Å²) in [5, 5.41) is 9.14. The lowest BCUT2D eigenvalue weighted by molar-refractivity contribution is 0.207. The molecule has 7 heteroatoms. The Hall–Kier alpha value is -2.80.